The van der Waals surface area contributed by atoms with Gasteiger partial charge in [0.05, 0.1) is 17.2 Å². The molecule has 23 heavy (non-hydrogen) atoms. The Bertz CT molecular complexity index is 992. The van der Waals surface area contributed by atoms with Crippen molar-refractivity contribution in [1.82, 2.24) is 14.5 Å². The van der Waals surface area contributed by atoms with Gasteiger partial charge in [-0.25, -0.2) is 9.97 Å². The summed E-state index contributed by atoms with van der Waals surface area (Å²) in [6, 6.07) is 18.8. The van der Waals surface area contributed by atoms with Crippen molar-refractivity contribution in [2.24, 2.45) is 0 Å². The Balaban J connectivity index is 2.13. The number of aromatic nitrogens is 3. The Hall–Kier alpha value is -2.68. The topological polar surface area (TPSA) is 30.7 Å². The second-order valence-corrected chi connectivity index (χ2v) is 6.87. The third kappa shape index (κ3) is 2.20. The van der Waals surface area contributed by atoms with Gasteiger partial charge in [-0.3, -0.25) is 0 Å². The molecular weight excluding hydrogens is 282 g/mol. The summed E-state index contributed by atoms with van der Waals surface area (Å²) in [5.41, 5.74) is 4.29. The summed E-state index contributed by atoms with van der Waals surface area (Å²) in [6.45, 7) is 6.43. The Morgan fingerprint density at radius 1 is 0.826 bits per heavy atom. The molecule has 0 atom stereocenters. The highest BCUT2D eigenvalue weighted by Crippen LogP contribution is 2.31. The highest BCUT2D eigenvalue weighted by Gasteiger charge is 2.20. The van der Waals surface area contributed by atoms with Crippen LogP contribution in [0.4, 0.5) is 0 Å². The van der Waals surface area contributed by atoms with E-state index in [1.807, 2.05) is 12.3 Å². The molecule has 0 aliphatic rings. The molecule has 4 aromatic rings. The van der Waals surface area contributed by atoms with Crippen LogP contribution >= 0.6 is 0 Å². The minimum Gasteiger partial charge on any atom is -0.306 e. The van der Waals surface area contributed by atoms with E-state index in [4.69, 9.17) is 4.98 Å². The average molecular weight is 301 g/mol. The first kappa shape index (κ1) is 13.9. The van der Waals surface area contributed by atoms with Crippen LogP contribution < -0.4 is 0 Å². The highest BCUT2D eigenvalue weighted by molar-refractivity contribution is 6.06. The van der Waals surface area contributed by atoms with Gasteiger partial charge in [0, 0.05) is 16.5 Å². The number of benzene rings is 2. The van der Waals surface area contributed by atoms with E-state index in [2.05, 4.69) is 78.9 Å². The third-order valence-electron chi connectivity index (χ3n) is 4.10. The van der Waals surface area contributed by atoms with Gasteiger partial charge in [0.1, 0.15) is 11.3 Å². The molecule has 0 unspecified atom stereocenters. The summed E-state index contributed by atoms with van der Waals surface area (Å²) in [4.78, 5) is 9.52. The summed E-state index contributed by atoms with van der Waals surface area (Å²) in [5.74, 6) is 0.876. The van der Waals surface area contributed by atoms with E-state index in [0.717, 1.165) is 28.1 Å². The summed E-state index contributed by atoms with van der Waals surface area (Å²) < 4.78 is 2.23. The second kappa shape index (κ2) is 4.92. The predicted octanol–water partition coefficient (Wildman–Crippen LogP) is 4.87. The number of hydrogen-bond acceptors (Lipinski definition) is 2. The van der Waals surface area contributed by atoms with E-state index in [0.29, 0.717) is 0 Å². The third-order valence-corrected chi connectivity index (χ3v) is 4.10. The van der Waals surface area contributed by atoms with Crippen LogP contribution in [-0.4, -0.2) is 14.5 Å². The Kier molecular flexibility index (Phi) is 2.98. The van der Waals surface area contributed by atoms with E-state index in [1.165, 1.54) is 5.39 Å². The molecule has 0 fully saturated rings. The minimum atomic E-state index is -0.0653. The predicted molar refractivity (Wildman–Crippen MR) is 95.1 cm³/mol. The summed E-state index contributed by atoms with van der Waals surface area (Å²) in [7, 11) is 0. The zero-order valence-corrected chi connectivity index (χ0v) is 13.6. The van der Waals surface area contributed by atoms with Gasteiger partial charge < -0.3 is 4.57 Å². The van der Waals surface area contributed by atoms with E-state index in [1.54, 1.807) is 0 Å². The van der Waals surface area contributed by atoms with Crippen LogP contribution in [0.1, 0.15) is 26.6 Å². The SMILES string of the molecule is CC(C)(C)c1ncc2c(n1)c1ccccc1n2-c1ccccc1. The Morgan fingerprint density at radius 2 is 1.52 bits per heavy atom. The lowest BCUT2D eigenvalue weighted by Gasteiger charge is -2.16. The van der Waals surface area contributed by atoms with Crippen molar-refractivity contribution in [1.29, 1.82) is 0 Å². The van der Waals surface area contributed by atoms with E-state index in [9.17, 15) is 0 Å². The van der Waals surface area contributed by atoms with Gasteiger partial charge in [0.25, 0.3) is 0 Å². The molecule has 2 aromatic heterocycles. The molecule has 0 spiro atoms. The number of nitrogens with zero attached hydrogens (tertiary/aromatic N) is 3. The Labute approximate surface area is 135 Å². The van der Waals surface area contributed by atoms with Gasteiger partial charge in [-0.1, -0.05) is 57.2 Å². The second-order valence-electron chi connectivity index (χ2n) is 6.87. The molecular formula is C20H19N3. The molecule has 0 bridgehead atoms. The average Bonchev–Trinajstić information content (AvgIpc) is 2.88. The molecule has 114 valence electrons. The lowest BCUT2D eigenvalue weighted by Crippen LogP contribution is -2.15. The molecule has 0 amide bonds. The monoisotopic (exact) mass is 301 g/mol. The first-order chi connectivity index (χ1) is 11.1. The molecule has 4 rings (SSSR count). The van der Waals surface area contributed by atoms with Crippen LogP contribution in [0.2, 0.25) is 0 Å². The molecule has 0 aliphatic carbocycles. The van der Waals surface area contributed by atoms with Crippen LogP contribution in [0.3, 0.4) is 0 Å². The molecule has 3 nitrogen and oxygen atoms in total. The fourth-order valence-electron chi connectivity index (χ4n) is 2.95. The maximum Gasteiger partial charge on any atom is 0.134 e. The first-order valence-electron chi connectivity index (χ1n) is 7.88. The van der Waals surface area contributed by atoms with Crippen molar-refractivity contribution in [3.63, 3.8) is 0 Å². The van der Waals surface area contributed by atoms with Crippen LogP contribution in [0.5, 0.6) is 0 Å². The number of para-hydroxylation sites is 2. The molecule has 0 saturated carbocycles. The van der Waals surface area contributed by atoms with Gasteiger partial charge in [0.2, 0.25) is 0 Å². The minimum absolute atomic E-state index is 0.0653. The largest absolute Gasteiger partial charge is 0.306 e. The normalized spacial score (nSPS) is 12.1. The molecule has 0 aliphatic heterocycles. The first-order valence-corrected chi connectivity index (χ1v) is 7.88. The molecule has 0 N–H and O–H groups in total. The molecule has 0 radical (unpaired) electrons. The van der Waals surface area contributed by atoms with Crippen molar-refractivity contribution in [2.45, 2.75) is 26.2 Å². The van der Waals surface area contributed by atoms with Gasteiger partial charge in [-0.2, -0.15) is 0 Å². The Morgan fingerprint density at radius 3 is 2.26 bits per heavy atom. The lowest BCUT2D eigenvalue weighted by atomic mass is 9.96. The van der Waals surface area contributed by atoms with E-state index in [-0.39, 0.29) is 5.41 Å². The van der Waals surface area contributed by atoms with Crippen LogP contribution in [0.15, 0.2) is 60.8 Å². The van der Waals surface area contributed by atoms with Crippen molar-refractivity contribution >= 4 is 21.9 Å². The zero-order chi connectivity index (χ0) is 16.0. The van der Waals surface area contributed by atoms with Crippen LogP contribution in [-0.2, 0) is 5.41 Å². The van der Waals surface area contributed by atoms with Crippen molar-refractivity contribution in [2.75, 3.05) is 0 Å². The van der Waals surface area contributed by atoms with Gasteiger partial charge >= 0.3 is 0 Å². The van der Waals surface area contributed by atoms with Crippen molar-refractivity contribution in [3.05, 3.63) is 66.6 Å². The van der Waals surface area contributed by atoms with E-state index >= 15 is 0 Å². The van der Waals surface area contributed by atoms with Crippen LogP contribution in [0, 0.1) is 0 Å². The number of hydrogen-bond donors (Lipinski definition) is 0. The summed E-state index contributed by atoms with van der Waals surface area (Å²) >= 11 is 0. The number of fused-ring (bicyclic) bond motifs is 3. The highest BCUT2D eigenvalue weighted by atomic mass is 15.0. The smallest absolute Gasteiger partial charge is 0.134 e. The van der Waals surface area contributed by atoms with Crippen LogP contribution in [0.25, 0.3) is 27.6 Å². The fourth-order valence-corrected chi connectivity index (χ4v) is 2.95. The van der Waals surface area contributed by atoms with Gasteiger partial charge in [-0.15, -0.1) is 0 Å². The zero-order valence-electron chi connectivity index (χ0n) is 13.6. The van der Waals surface area contributed by atoms with Crippen molar-refractivity contribution < 1.29 is 0 Å². The molecule has 2 heterocycles. The lowest BCUT2D eigenvalue weighted by molar-refractivity contribution is 0.548. The molecule has 2 aromatic carbocycles. The fraction of sp³-hybridized carbons (Fsp3) is 0.200. The molecule has 0 saturated heterocycles. The maximum absolute atomic E-state index is 4.89. The molecule has 3 heteroatoms. The maximum atomic E-state index is 4.89. The van der Waals surface area contributed by atoms with Crippen molar-refractivity contribution in [3.8, 4) is 5.69 Å². The summed E-state index contributed by atoms with van der Waals surface area (Å²) in [6.07, 6.45) is 1.95. The standard InChI is InChI=1S/C20H19N3/c1-20(2,3)19-21-13-17-18(22-19)15-11-7-8-12-16(15)23(17)14-9-5-4-6-10-14/h4-13H,1-3H3. The van der Waals surface area contributed by atoms with E-state index < -0.39 is 0 Å². The number of rotatable bonds is 1. The van der Waals surface area contributed by atoms with Gasteiger partial charge in [-0.05, 0) is 18.2 Å². The summed E-state index contributed by atoms with van der Waals surface area (Å²) in [5, 5.41) is 1.17. The van der Waals surface area contributed by atoms with Gasteiger partial charge in [0.15, 0.2) is 0 Å². The quantitative estimate of drug-likeness (QED) is 0.502.